The molecule has 0 atom stereocenters. The number of hydrogen-bond donors (Lipinski definition) is 2. The minimum atomic E-state index is -4.60. The van der Waals surface area contributed by atoms with Crippen LogP contribution in [0.25, 0.3) is 0 Å². The zero-order valence-corrected chi connectivity index (χ0v) is 16.7. The molecule has 30 heavy (non-hydrogen) atoms. The maximum Gasteiger partial charge on any atom is 0.418 e. The van der Waals surface area contributed by atoms with E-state index in [1.54, 1.807) is 0 Å². The van der Waals surface area contributed by atoms with Crippen molar-refractivity contribution < 1.29 is 31.1 Å². The number of amides is 1. The minimum absolute atomic E-state index is 0.0609. The first kappa shape index (κ1) is 22.1. The Morgan fingerprint density at radius 2 is 1.67 bits per heavy atom. The van der Waals surface area contributed by atoms with Gasteiger partial charge in [-0.25, -0.2) is 13.1 Å². The van der Waals surface area contributed by atoms with Gasteiger partial charge in [-0.1, -0.05) is 25.0 Å². The number of ether oxygens (including phenoxy) is 1. The van der Waals surface area contributed by atoms with E-state index in [2.05, 4.69) is 10.0 Å². The van der Waals surface area contributed by atoms with Crippen LogP contribution in [-0.4, -0.2) is 27.0 Å². The number of benzene rings is 2. The summed E-state index contributed by atoms with van der Waals surface area (Å²) in [7, 11) is -3.64. The molecule has 0 heterocycles. The third-order valence-electron chi connectivity index (χ3n) is 4.69. The molecule has 0 aromatic heterocycles. The van der Waals surface area contributed by atoms with Crippen LogP contribution in [-0.2, 0) is 21.0 Å². The van der Waals surface area contributed by atoms with Gasteiger partial charge >= 0.3 is 6.18 Å². The van der Waals surface area contributed by atoms with Crippen molar-refractivity contribution in [2.45, 2.75) is 42.8 Å². The Hall–Kier alpha value is -2.59. The quantitative estimate of drug-likeness (QED) is 0.680. The normalized spacial score (nSPS) is 15.2. The molecule has 6 nitrogen and oxygen atoms in total. The second-order valence-corrected chi connectivity index (χ2v) is 8.67. The molecule has 1 aliphatic rings. The molecule has 2 aromatic rings. The van der Waals surface area contributed by atoms with Crippen molar-refractivity contribution in [1.82, 2.24) is 4.72 Å². The average molecular weight is 442 g/mol. The topological polar surface area (TPSA) is 84.5 Å². The first-order valence-electron chi connectivity index (χ1n) is 9.36. The van der Waals surface area contributed by atoms with Crippen molar-refractivity contribution in [3.8, 4) is 5.75 Å². The van der Waals surface area contributed by atoms with Crippen molar-refractivity contribution in [2.24, 2.45) is 0 Å². The van der Waals surface area contributed by atoms with Crippen LogP contribution < -0.4 is 14.8 Å². The van der Waals surface area contributed by atoms with Gasteiger partial charge in [-0.15, -0.1) is 0 Å². The second-order valence-electron chi connectivity index (χ2n) is 6.95. The molecule has 3 rings (SSSR count). The summed E-state index contributed by atoms with van der Waals surface area (Å²) in [4.78, 5) is 12.0. The van der Waals surface area contributed by atoms with Crippen molar-refractivity contribution >= 4 is 21.6 Å². The smallest absolute Gasteiger partial charge is 0.418 e. The lowest BCUT2D eigenvalue weighted by Gasteiger charge is -2.14. The predicted molar refractivity (Wildman–Crippen MR) is 105 cm³/mol. The summed E-state index contributed by atoms with van der Waals surface area (Å²) in [6, 6.07) is 10.0. The Morgan fingerprint density at radius 1 is 1.03 bits per heavy atom. The van der Waals surface area contributed by atoms with Gasteiger partial charge in [0.1, 0.15) is 5.75 Å². The Morgan fingerprint density at radius 3 is 2.30 bits per heavy atom. The number of para-hydroxylation sites is 1. The van der Waals surface area contributed by atoms with Crippen molar-refractivity contribution in [3.05, 3.63) is 54.1 Å². The van der Waals surface area contributed by atoms with Gasteiger partial charge in [0, 0.05) is 6.04 Å². The van der Waals surface area contributed by atoms with Gasteiger partial charge in [0.05, 0.1) is 16.1 Å². The molecular weight excluding hydrogens is 421 g/mol. The van der Waals surface area contributed by atoms with Gasteiger partial charge in [-0.05, 0) is 49.2 Å². The minimum Gasteiger partial charge on any atom is -0.484 e. The number of rotatable bonds is 7. The molecule has 0 unspecified atom stereocenters. The van der Waals surface area contributed by atoms with Crippen molar-refractivity contribution in [3.63, 3.8) is 0 Å². The lowest BCUT2D eigenvalue weighted by atomic mass is 10.1. The van der Waals surface area contributed by atoms with Gasteiger partial charge in [0.25, 0.3) is 5.91 Å². The summed E-state index contributed by atoms with van der Waals surface area (Å²) in [5.74, 6) is -0.555. The maximum atomic E-state index is 13.0. The summed E-state index contributed by atoms with van der Waals surface area (Å²) >= 11 is 0. The molecule has 2 N–H and O–H groups in total. The molecule has 0 radical (unpaired) electrons. The Balaban J connectivity index is 1.57. The molecule has 1 aliphatic carbocycles. The summed E-state index contributed by atoms with van der Waals surface area (Å²) in [6.45, 7) is -0.529. The van der Waals surface area contributed by atoms with Crippen LogP contribution in [0.15, 0.2) is 53.4 Å². The maximum absolute atomic E-state index is 13.0. The molecule has 0 saturated heterocycles. The molecule has 0 spiro atoms. The third-order valence-corrected chi connectivity index (χ3v) is 6.22. The lowest BCUT2D eigenvalue weighted by Crippen LogP contribution is -2.32. The number of halogens is 3. The molecule has 0 bridgehead atoms. The molecule has 0 aliphatic heterocycles. The Bertz CT molecular complexity index is 986. The number of carbonyl (C=O) groups excluding carboxylic acids is 1. The molecule has 10 heteroatoms. The molecular formula is C20H21F3N2O4S. The van der Waals surface area contributed by atoms with Gasteiger partial charge in [0.15, 0.2) is 6.61 Å². The van der Waals surface area contributed by atoms with Crippen LogP contribution in [0.3, 0.4) is 0 Å². The highest BCUT2D eigenvalue weighted by Crippen LogP contribution is 2.34. The predicted octanol–water partition coefficient (Wildman–Crippen LogP) is 3.94. The van der Waals surface area contributed by atoms with Gasteiger partial charge in [-0.2, -0.15) is 13.2 Å². The van der Waals surface area contributed by atoms with Crippen LogP contribution in [0.5, 0.6) is 5.75 Å². The van der Waals surface area contributed by atoms with Crippen LogP contribution >= 0.6 is 0 Å². The average Bonchev–Trinajstić information content (AvgIpc) is 3.18. The number of nitrogens with one attached hydrogen (secondary N) is 2. The molecule has 1 amide bonds. The van der Waals surface area contributed by atoms with Gasteiger partial charge in [0.2, 0.25) is 10.0 Å². The zero-order valence-electron chi connectivity index (χ0n) is 15.9. The fraction of sp³-hybridized carbons (Fsp3) is 0.350. The number of sulfonamides is 1. The summed E-state index contributed by atoms with van der Waals surface area (Å²) < 4.78 is 71.6. The van der Waals surface area contributed by atoms with Crippen molar-refractivity contribution in [2.75, 3.05) is 11.9 Å². The standard InChI is InChI=1S/C20H21F3N2O4S/c21-20(22,23)17-7-3-4-8-18(17)24-19(26)13-29-15-9-11-16(12-10-15)30(27,28)25-14-5-1-2-6-14/h3-4,7-12,14,25H,1-2,5-6,13H2,(H,24,26). The van der Waals surface area contributed by atoms with Crippen LogP contribution in [0.2, 0.25) is 0 Å². The Kier molecular flexibility index (Phi) is 6.67. The van der Waals surface area contributed by atoms with E-state index in [0.717, 1.165) is 37.8 Å². The SMILES string of the molecule is O=C(COc1ccc(S(=O)(=O)NC2CCCC2)cc1)Nc1ccccc1C(F)(F)F. The van der Waals surface area contributed by atoms with E-state index in [-0.39, 0.29) is 22.4 Å². The third kappa shape index (κ3) is 5.73. The summed E-state index contributed by atoms with van der Waals surface area (Å²) in [5, 5.41) is 2.17. The van der Waals surface area contributed by atoms with E-state index in [0.29, 0.717) is 0 Å². The van der Waals surface area contributed by atoms with Crippen molar-refractivity contribution in [1.29, 1.82) is 0 Å². The van der Waals surface area contributed by atoms with E-state index < -0.39 is 34.3 Å². The first-order chi connectivity index (χ1) is 14.1. The van der Waals surface area contributed by atoms with Crippen LogP contribution in [0.4, 0.5) is 18.9 Å². The van der Waals surface area contributed by atoms with E-state index in [4.69, 9.17) is 4.74 Å². The van der Waals surface area contributed by atoms with Gasteiger partial charge in [-0.3, -0.25) is 4.79 Å². The Labute approximate surface area is 172 Å². The fourth-order valence-electron chi connectivity index (χ4n) is 3.22. The highest BCUT2D eigenvalue weighted by Gasteiger charge is 2.33. The summed E-state index contributed by atoms with van der Waals surface area (Å²) in [5.41, 5.74) is -1.32. The van der Waals surface area contributed by atoms with E-state index in [1.165, 1.54) is 36.4 Å². The molecule has 2 aromatic carbocycles. The molecule has 1 saturated carbocycles. The zero-order chi connectivity index (χ0) is 21.8. The van der Waals surface area contributed by atoms with E-state index in [9.17, 15) is 26.4 Å². The van der Waals surface area contributed by atoms with Crippen LogP contribution in [0.1, 0.15) is 31.2 Å². The largest absolute Gasteiger partial charge is 0.484 e. The molecule has 1 fully saturated rings. The number of hydrogen-bond acceptors (Lipinski definition) is 4. The van der Waals surface area contributed by atoms with Gasteiger partial charge < -0.3 is 10.1 Å². The summed E-state index contributed by atoms with van der Waals surface area (Å²) in [6.07, 6.45) is -0.983. The number of anilines is 1. The second kappa shape index (κ2) is 9.05. The van der Waals surface area contributed by atoms with Crippen LogP contribution in [0, 0.1) is 0 Å². The highest BCUT2D eigenvalue weighted by molar-refractivity contribution is 7.89. The highest BCUT2D eigenvalue weighted by atomic mass is 32.2. The number of carbonyl (C=O) groups is 1. The monoisotopic (exact) mass is 442 g/mol. The first-order valence-corrected chi connectivity index (χ1v) is 10.8. The van der Waals surface area contributed by atoms with E-state index >= 15 is 0 Å². The molecule has 162 valence electrons. The van der Waals surface area contributed by atoms with E-state index in [1.807, 2.05) is 0 Å². The number of alkyl halides is 3. The lowest BCUT2D eigenvalue weighted by molar-refractivity contribution is -0.137. The fourth-order valence-corrected chi connectivity index (χ4v) is 4.53.